The van der Waals surface area contributed by atoms with Gasteiger partial charge in [0, 0.05) is 11.8 Å². The van der Waals surface area contributed by atoms with Gasteiger partial charge in [-0.15, -0.1) is 10.2 Å². The molecule has 0 bridgehead atoms. The summed E-state index contributed by atoms with van der Waals surface area (Å²) in [4.78, 5) is 41.4. The molecule has 0 atom stereocenters. The van der Waals surface area contributed by atoms with E-state index < -0.39 is 0 Å². The topological polar surface area (TPSA) is 105 Å². The Morgan fingerprint density at radius 3 is 2.79 bits per heavy atom. The van der Waals surface area contributed by atoms with Crippen molar-refractivity contribution in [2.75, 3.05) is 11.1 Å². The lowest BCUT2D eigenvalue weighted by Gasteiger charge is -2.13. The third kappa shape index (κ3) is 3.92. The second-order valence-corrected chi connectivity index (χ2v) is 7.72. The van der Waals surface area contributed by atoms with Crippen molar-refractivity contribution < 1.29 is 14.4 Å². The Kier molecular flexibility index (Phi) is 5.13. The first kappa shape index (κ1) is 18.3. The third-order valence-electron chi connectivity index (χ3n) is 3.90. The zero-order valence-corrected chi connectivity index (χ0v) is 16.0. The van der Waals surface area contributed by atoms with E-state index in [1.54, 1.807) is 30.5 Å². The highest BCUT2D eigenvalue weighted by atomic mass is 32.2. The van der Waals surface area contributed by atoms with Crippen LogP contribution < -0.4 is 5.32 Å². The van der Waals surface area contributed by atoms with Crippen molar-refractivity contribution in [2.24, 2.45) is 0 Å². The van der Waals surface area contributed by atoms with Crippen molar-refractivity contribution in [1.29, 1.82) is 0 Å². The van der Waals surface area contributed by atoms with Crippen LogP contribution >= 0.6 is 23.1 Å². The average Bonchev–Trinajstić information content (AvgIpc) is 3.31. The summed E-state index contributed by atoms with van der Waals surface area (Å²) in [5.74, 6) is -0.408. The van der Waals surface area contributed by atoms with Crippen molar-refractivity contribution in [3.8, 4) is 10.7 Å². The molecular weight excluding hydrogens is 398 g/mol. The molecule has 1 aromatic carbocycles. The van der Waals surface area contributed by atoms with E-state index in [0.717, 1.165) is 11.8 Å². The van der Waals surface area contributed by atoms with Crippen molar-refractivity contribution >= 4 is 45.3 Å². The smallest absolute Gasteiger partial charge is 0.289 e. The van der Waals surface area contributed by atoms with E-state index in [0.29, 0.717) is 27.0 Å². The SMILES string of the molecule is O=C(Nc1nnc(-c2ccccn2)s1)c1cccc(CN2C(=O)CSC2=O)c1. The van der Waals surface area contributed by atoms with Crippen molar-refractivity contribution in [2.45, 2.75) is 6.54 Å². The van der Waals surface area contributed by atoms with Gasteiger partial charge in [-0.1, -0.05) is 41.3 Å². The number of aromatic nitrogens is 3. The molecule has 1 N–H and O–H groups in total. The van der Waals surface area contributed by atoms with Gasteiger partial charge >= 0.3 is 0 Å². The van der Waals surface area contributed by atoms with Crippen LogP contribution in [0.4, 0.5) is 9.93 Å². The molecule has 0 unspecified atom stereocenters. The van der Waals surface area contributed by atoms with E-state index in [4.69, 9.17) is 0 Å². The minimum Gasteiger partial charge on any atom is -0.296 e. The highest BCUT2D eigenvalue weighted by Crippen LogP contribution is 2.25. The number of hydrogen-bond acceptors (Lipinski definition) is 8. The fourth-order valence-electron chi connectivity index (χ4n) is 2.56. The van der Waals surface area contributed by atoms with Crippen LogP contribution in [-0.4, -0.2) is 42.9 Å². The summed E-state index contributed by atoms with van der Waals surface area (Å²) < 4.78 is 0. The normalized spacial score (nSPS) is 13.8. The molecule has 4 rings (SSSR count). The molecule has 0 saturated carbocycles. The van der Waals surface area contributed by atoms with Gasteiger partial charge in [-0.3, -0.25) is 29.6 Å². The van der Waals surface area contributed by atoms with Crippen LogP contribution in [-0.2, 0) is 11.3 Å². The standard InChI is InChI=1S/C18H13N5O3S2/c24-14-10-27-18(26)23(14)9-11-4-3-5-12(8-11)15(25)20-17-22-21-16(28-17)13-6-1-2-7-19-13/h1-8H,9-10H2,(H,20,22,25). The second-order valence-electron chi connectivity index (χ2n) is 5.82. The Labute approximate surface area is 168 Å². The Morgan fingerprint density at radius 1 is 1.14 bits per heavy atom. The number of benzene rings is 1. The Balaban J connectivity index is 1.46. The largest absolute Gasteiger partial charge is 0.296 e. The number of amides is 3. The molecule has 8 nitrogen and oxygen atoms in total. The van der Waals surface area contributed by atoms with Crippen LogP contribution in [0, 0.1) is 0 Å². The number of thioether (sulfide) groups is 1. The van der Waals surface area contributed by atoms with Crippen LogP contribution in [0.25, 0.3) is 10.7 Å². The van der Waals surface area contributed by atoms with E-state index in [2.05, 4.69) is 20.5 Å². The monoisotopic (exact) mass is 411 g/mol. The summed E-state index contributed by atoms with van der Waals surface area (Å²) in [5.41, 5.74) is 1.78. The number of imide groups is 1. The molecule has 3 heterocycles. The fraction of sp³-hybridized carbons (Fsp3) is 0.111. The summed E-state index contributed by atoms with van der Waals surface area (Å²) in [5, 5.41) is 11.4. The van der Waals surface area contributed by atoms with Gasteiger partial charge in [0.1, 0.15) is 5.69 Å². The Hall–Kier alpha value is -3.11. The van der Waals surface area contributed by atoms with Gasteiger partial charge < -0.3 is 0 Å². The summed E-state index contributed by atoms with van der Waals surface area (Å²) in [6.45, 7) is 0.147. The number of carbonyl (C=O) groups is 3. The number of carbonyl (C=O) groups excluding carboxylic acids is 3. The first-order chi connectivity index (χ1) is 13.6. The van der Waals surface area contributed by atoms with Gasteiger partial charge in [0.05, 0.1) is 12.3 Å². The molecule has 1 fully saturated rings. The van der Waals surface area contributed by atoms with Gasteiger partial charge in [0.2, 0.25) is 11.0 Å². The van der Waals surface area contributed by atoms with Crippen molar-refractivity contribution in [1.82, 2.24) is 20.1 Å². The van der Waals surface area contributed by atoms with Crippen LogP contribution in [0.5, 0.6) is 0 Å². The average molecular weight is 411 g/mol. The van der Waals surface area contributed by atoms with Crippen molar-refractivity contribution in [3.05, 3.63) is 59.8 Å². The maximum Gasteiger partial charge on any atom is 0.289 e. The summed E-state index contributed by atoms with van der Waals surface area (Å²) in [7, 11) is 0. The van der Waals surface area contributed by atoms with Gasteiger partial charge in [0.15, 0.2) is 5.01 Å². The van der Waals surface area contributed by atoms with E-state index in [1.807, 2.05) is 18.2 Å². The molecule has 10 heteroatoms. The number of hydrogen-bond donors (Lipinski definition) is 1. The van der Waals surface area contributed by atoms with E-state index in [9.17, 15) is 14.4 Å². The number of nitrogens with one attached hydrogen (secondary N) is 1. The zero-order valence-electron chi connectivity index (χ0n) is 14.4. The maximum atomic E-state index is 12.5. The van der Waals surface area contributed by atoms with E-state index in [-0.39, 0.29) is 29.4 Å². The summed E-state index contributed by atoms with van der Waals surface area (Å²) >= 11 is 2.21. The highest BCUT2D eigenvalue weighted by molar-refractivity contribution is 8.14. The molecule has 0 spiro atoms. The van der Waals surface area contributed by atoms with Crippen LogP contribution in [0.1, 0.15) is 15.9 Å². The molecule has 3 aromatic rings. The molecule has 1 saturated heterocycles. The first-order valence-corrected chi connectivity index (χ1v) is 10.0. The van der Waals surface area contributed by atoms with Gasteiger partial charge in [-0.2, -0.15) is 0 Å². The predicted octanol–water partition coefficient (Wildman–Crippen LogP) is 3.05. The minimum absolute atomic E-state index is 0.147. The molecule has 2 aromatic heterocycles. The van der Waals surface area contributed by atoms with Crippen LogP contribution in [0.2, 0.25) is 0 Å². The molecule has 1 aliphatic heterocycles. The molecule has 1 aliphatic rings. The molecule has 0 radical (unpaired) electrons. The molecule has 28 heavy (non-hydrogen) atoms. The fourth-order valence-corrected chi connectivity index (χ4v) is 4.00. The third-order valence-corrected chi connectivity index (χ3v) is 5.62. The number of rotatable bonds is 5. The lowest BCUT2D eigenvalue weighted by atomic mass is 10.1. The molecule has 0 aliphatic carbocycles. The number of anilines is 1. The van der Waals surface area contributed by atoms with Crippen LogP contribution in [0.15, 0.2) is 48.7 Å². The molecule has 140 valence electrons. The number of pyridine rings is 1. The second kappa shape index (κ2) is 7.87. The highest BCUT2D eigenvalue weighted by Gasteiger charge is 2.29. The van der Waals surface area contributed by atoms with Gasteiger partial charge in [0.25, 0.3) is 11.1 Å². The Bertz CT molecular complexity index is 1040. The van der Waals surface area contributed by atoms with E-state index >= 15 is 0 Å². The summed E-state index contributed by atoms with van der Waals surface area (Å²) in [6.07, 6.45) is 1.66. The number of nitrogens with zero attached hydrogens (tertiary/aromatic N) is 4. The van der Waals surface area contributed by atoms with Gasteiger partial charge in [-0.05, 0) is 29.8 Å². The lowest BCUT2D eigenvalue weighted by Crippen LogP contribution is -2.28. The Morgan fingerprint density at radius 2 is 2.04 bits per heavy atom. The minimum atomic E-state index is -0.348. The maximum absolute atomic E-state index is 12.5. The van der Waals surface area contributed by atoms with Gasteiger partial charge in [-0.25, -0.2) is 0 Å². The first-order valence-electron chi connectivity index (χ1n) is 8.22. The zero-order chi connectivity index (χ0) is 19.5. The van der Waals surface area contributed by atoms with Crippen molar-refractivity contribution in [3.63, 3.8) is 0 Å². The predicted molar refractivity (Wildman–Crippen MR) is 106 cm³/mol. The molecule has 3 amide bonds. The van der Waals surface area contributed by atoms with Crippen LogP contribution in [0.3, 0.4) is 0 Å². The lowest BCUT2D eigenvalue weighted by molar-refractivity contribution is -0.125. The quantitative estimate of drug-likeness (QED) is 0.688. The van der Waals surface area contributed by atoms with E-state index in [1.165, 1.54) is 16.2 Å². The molecular formula is C18H13N5O3S2. The summed E-state index contributed by atoms with van der Waals surface area (Å²) in [6, 6.07) is 12.3.